The van der Waals surface area contributed by atoms with Crippen LogP contribution in [0, 0.1) is 0 Å². The minimum atomic E-state index is -2.42. The van der Waals surface area contributed by atoms with Crippen LogP contribution >= 0.6 is 27.5 Å². The lowest BCUT2D eigenvalue weighted by molar-refractivity contribution is 0.626. The lowest BCUT2D eigenvalue weighted by Gasteiger charge is -2.11. The molecule has 0 bridgehead atoms. The standard InChI is InChI=1S/C5H4BrClN2O2S/c6-2-1-9-5(8)4(3(2)7)12(10)11/h1,5H,8H2. The third-order valence-electron chi connectivity index (χ3n) is 1.22. The number of dihydropyridines is 1. The summed E-state index contributed by atoms with van der Waals surface area (Å²) >= 11 is 8.69. The molecule has 0 fully saturated rings. The zero-order valence-electron chi connectivity index (χ0n) is 5.66. The summed E-state index contributed by atoms with van der Waals surface area (Å²) in [4.78, 5) is 3.61. The van der Waals surface area contributed by atoms with Crippen LogP contribution in [0.25, 0.3) is 0 Å². The molecule has 1 aliphatic rings. The maximum Gasteiger partial charge on any atom is 0.222 e. The second-order valence-electron chi connectivity index (χ2n) is 1.98. The summed E-state index contributed by atoms with van der Waals surface area (Å²) in [5, 5.41) is 0.0887. The van der Waals surface area contributed by atoms with Crippen molar-refractivity contribution >= 4 is 48.9 Å². The molecule has 1 rings (SSSR count). The zero-order chi connectivity index (χ0) is 9.30. The molecule has 4 nitrogen and oxygen atoms in total. The van der Waals surface area contributed by atoms with E-state index in [-0.39, 0.29) is 9.90 Å². The predicted molar refractivity (Wildman–Crippen MR) is 52.2 cm³/mol. The van der Waals surface area contributed by atoms with E-state index in [4.69, 9.17) is 17.3 Å². The van der Waals surface area contributed by atoms with Gasteiger partial charge in [-0.15, -0.1) is 0 Å². The molecule has 0 saturated carbocycles. The van der Waals surface area contributed by atoms with Crippen LogP contribution in [0.2, 0.25) is 0 Å². The molecule has 1 atom stereocenters. The molecule has 0 amide bonds. The molecule has 1 heterocycles. The summed E-state index contributed by atoms with van der Waals surface area (Å²) in [6.07, 6.45) is 0.487. The van der Waals surface area contributed by atoms with E-state index >= 15 is 0 Å². The number of nitrogens with zero attached hydrogens (tertiary/aromatic N) is 1. The fourth-order valence-electron chi connectivity index (χ4n) is 0.689. The Morgan fingerprint density at radius 3 is 2.67 bits per heavy atom. The summed E-state index contributed by atoms with van der Waals surface area (Å²) in [6.45, 7) is 0. The lowest BCUT2D eigenvalue weighted by atomic mass is 10.3. The summed E-state index contributed by atoms with van der Waals surface area (Å²) in [5.74, 6) is 0. The number of allylic oxidation sites excluding steroid dienone is 1. The Kier molecular flexibility index (Phi) is 3.05. The fraction of sp³-hybridized carbons (Fsp3) is 0.200. The summed E-state index contributed by atoms with van der Waals surface area (Å²) in [5.41, 5.74) is 5.37. The second kappa shape index (κ2) is 3.69. The van der Waals surface area contributed by atoms with Gasteiger partial charge in [0.15, 0.2) is 0 Å². The molecule has 2 N–H and O–H groups in total. The van der Waals surface area contributed by atoms with Crippen LogP contribution in [0.5, 0.6) is 0 Å². The minimum Gasteiger partial charge on any atom is -0.305 e. The molecule has 0 saturated heterocycles. The van der Waals surface area contributed by atoms with E-state index in [9.17, 15) is 8.42 Å². The van der Waals surface area contributed by atoms with Gasteiger partial charge in [0.2, 0.25) is 10.3 Å². The average Bonchev–Trinajstić information content (AvgIpc) is 1.97. The van der Waals surface area contributed by atoms with Crippen molar-refractivity contribution in [3.05, 3.63) is 9.51 Å². The van der Waals surface area contributed by atoms with E-state index in [1.165, 1.54) is 6.21 Å². The molecule has 0 aromatic heterocycles. The highest BCUT2D eigenvalue weighted by molar-refractivity contribution is 9.12. The van der Waals surface area contributed by atoms with E-state index < -0.39 is 16.5 Å². The largest absolute Gasteiger partial charge is 0.305 e. The predicted octanol–water partition coefficient (Wildman–Crippen LogP) is 0.252. The molecule has 12 heavy (non-hydrogen) atoms. The first-order valence-corrected chi connectivity index (χ1v) is 5.09. The van der Waals surface area contributed by atoms with Gasteiger partial charge in [-0.1, -0.05) is 11.6 Å². The Labute approximate surface area is 83.8 Å². The van der Waals surface area contributed by atoms with Crippen LogP contribution in [0.3, 0.4) is 0 Å². The molecule has 0 aromatic rings. The van der Waals surface area contributed by atoms with Crippen molar-refractivity contribution in [2.45, 2.75) is 6.17 Å². The van der Waals surface area contributed by atoms with Gasteiger partial charge in [0, 0.05) is 6.21 Å². The van der Waals surface area contributed by atoms with Crippen LogP contribution in [0.1, 0.15) is 0 Å². The maximum atomic E-state index is 10.6. The molecule has 1 unspecified atom stereocenters. The van der Waals surface area contributed by atoms with Crippen LogP contribution in [0.4, 0.5) is 0 Å². The Hall–Kier alpha value is -0.170. The topological polar surface area (TPSA) is 72.5 Å². The maximum absolute atomic E-state index is 10.6. The van der Waals surface area contributed by atoms with Crippen LogP contribution < -0.4 is 5.73 Å². The van der Waals surface area contributed by atoms with Gasteiger partial charge in [-0.3, -0.25) is 4.99 Å². The van der Waals surface area contributed by atoms with Crippen LogP contribution in [0.15, 0.2) is 14.5 Å². The first-order valence-electron chi connectivity index (χ1n) is 2.84. The van der Waals surface area contributed by atoms with Crippen molar-refractivity contribution in [2.24, 2.45) is 10.7 Å². The van der Waals surface area contributed by atoms with E-state index in [2.05, 4.69) is 20.9 Å². The van der Waals surface area contributed by atoms with Gasteiger partial charge in [-0.2, -0.15) is 8.42 Å². The minimum absolute atomic E-state index is 0.0887. The summed E-state index contributed by atoms with van der Waals surface area (Å²) in [7, 11) is -2.42. The van der Waals surface area contributed by atoms with Gasteiger partial charge in [-0.05, 0) is 15.9 Å². The molecule has 0 radical (unpaired) electrons. The molecule has 66 valence electrons. The Morgan fingerprint density at radius 2 is 2.25 bits per heavy atom. The Morgan fingerprint density at radius 1 is 1.67 bits per heavy atom. The lowest BCUT2D eigenvalue weighted by Crippen LogP contribution is -2.32. The highest BCUT2D eigenvalue weighted by Gasteiger charge is 2.21. The molecule has 0 spiro atoms. The molecule has 7 heteroatoms. The molecular weight excluding hydrogens is 267 g/mol. The van der Waals surface area contributed by atoms with E-state index in [1.54, 1.807) is 0 Å². The van der Waals surface area contributed by atoms with Crippen LogP contribution in [-0.2, 0) is 10.3 Å². The number of hydrogen-bond donors (Lipinski definition) is 1. The van der Waals surface area contributed by atoms with Gasteiger partial charge in [0.05, 0.1) is 9.51 Å². The van der Waals surface area contributed by atoms with Crippen molar-refractivity contribution < 1.29 is 8.42 Å². The van der Waals surface area contributed by atoms with Crippen molar-refractivity contribution in [1.29, 1.82) is 0 Å². The van der Waals surface area contributed by atoms with E-state index in [0.717, 1.165) is 0 Å². The van der Waals surface area contributed by atoms with Crippen molar-refractivity contribution in [3.63, 3.8) is 0 Å². The number of aliphatic imine (C=N–C) groups is 1. The molecular formula is C5H4BrClN2O2S. The average molecular weight is 272 g/mol. The van der Waals surface area contributed by atoms with Crippen molar-refractivity contribution in [1.82, 2.24) is 0 Å². The second-order valence-corrected chi connectivity index (χ2v) is 4.13. The monoisotopic (exact) mass is 270 g/mol. The smallest absolute Gasteiger partial charge is 0.222 e. The van der Waals surface area contributed by atoms with Gasteiger partial charge < -0.3 is 5.73 Å². The molecule has 1 aliphatic heterocycles. The molecule has 0 aromatic carbocycles. The van der Waals surface area contributed by atoms with Gasteiger partial charge in [0.25, 0.3) is 0 Å². The number of hydrogen-bond acceptors (Lipinski definition) is 4. The quantitative estimate of drug-likeness (QED) is 0.642. The number of nitrogens with two attached hydrogens (primary N) is 1. The van der Waals surface area contributed by atoms with Gasteiger partial charge in [-0.25, -0.2) is 0 Å². The zero-order valence-corrected chi connectivity index (χ0v) is 8.82. The van der Waals surface area contributed by atoms with Crippen LogP contribution in [-0.4, -0.2) is 25.7 Å². The summed E-state index contributed by atoms with van der Waals surface area (Å²) < 4.78 is 21.6. The Bertz CT molecular complexity index is 390. The first-order chi connectivity index (χ1) is 5.54. The van der Waals surface area contributed by atoms with E-state index in [0.29, 0.717) is 4.48 Å². The number of rotatable bonds is 0. The number of halogens is 2. The van der Waals surface area contributed by atoms with Crippen molar-refractivity contribution in [2.75, 3.05) is 0 Å². The highest BCUT2D eigenvalue weighted by Crippen LogP contribution is 2.20. The SMILES string of the molecule is NC1N=CC(Br)=C(Cl)C1=S(=O)=O. The fourth-order valence-corrected chi connectivity index (χ4v) is 2.02. The Balaban J connectivity index is 3.39. The highest BCUT2D eigenvalue weighted by atomic mass is 79.9. The third kappa shape index (κ3) is 1.77. The van der Waals surface area contributed by atoms with E-state index in [1.807, 2.05) is 0 Å². The normalized spacial score (nSPS) is 23.2. The van der Waals surface area contributed by atoms with Crippen molar-refractivity contribution in [3.8, 4) is 0 Å². The van der Waals surface area contributed by atoms with Gasteiger partial charge >= 0.3 is 0 Å². The van der Waals surface area contributed by atoms with Gasteiger partial charge in [0.1, 0.15) is 11.0 Å². The summed E-state index contributed by atoms with van der Waals surface area (Å²) in [6, 6.07) is 0. The first kappa shape index (κ1) is 9.91. The third-order valence-corrected chi connectivity index (χ3v) is 3.38. The molecule has 0 aliphatic carbocycles.